The van der Waals surface area contributed by atoms with Gasteiger partial charge in [0.25, 0.3) is 11.6 Å². The Morgan fingerprint density at radius 3 is 2.93 bits per heavy atom. The van der Waals surface area contributed by atoms with Gasteiger partial charge in [0, 0.05) is 18.2 Å². The number of ether oxygens (including phenoxy) is 1. The first kappa shape index (κ1) is 20.0. The molecule has 1 amide bonds. The van der Waals surface area contributed by atoms with Gasteiger partial charge < -0.3 is 9.30 Å². The first-order chi connectivity index (χ1) is 14.0. The highest BCUT2D eigenvalue weighted by Crippen LogP contribution is 2.23. The summed E-state index contributed by atoms with van der Waals surface area (Å²) >= 11 is 1.34. The molecule has 0 aliphatic rings. The summed E-state index contributed by atoms with van der Waals surface area (Å²) in [4.78, 5) is 27.3. The van der Waals surface area contributed by atoms with Crippen molar-refractivity contribution in [3.63, 3.8) is 0 Å². The number of nitro groups is 1. The fraction of sp³-hybridized carbons (Fsp3) is 0.143. The first-order valence-electron chi connectivity index (χ1n) is 8.72. The molecule has 2 aromatic carbocycles. The molecule has 8 heteroatoms. The molecule has 0 spiro atoms. The maximum atomic E-state index is 12.3. The lowest BCUT2D eigenvalue weighted by Gasteiger charge is -2.03. The van der Waals surface area contributed by atoms with Gasteiger partial charge in [-0.05, 0) is 36.8 Å². The van der Waals surface area contributed by atoms with Crippen LogP contribution < -0.4 is 9.54 Å². The van der Waals surface area contributed by atoms with Crippen LogP contribution in [0.3, 0.4) is 0 Å². The Balaban J connectivity index is 1.95. The van der Waals surface area contributed by atoms with Gasteiger partial charge in [-0.3, -0.25) is 14.9 Å². The Labute approximate surface area is 170 Å². The maximum Gasteiger partial charge on any atom is 0.272 e. The van der Waals surface area contributed by atoms with E-state index in [0.29, 0.717) is 17.0 Å². The number of amides is 1. The molecule has 0 unspecified atom stereocenters. The fourth-order valence-electron chi connectivity index (χ4n) is 2.68. The van der Waals surface area contributed by atoms with E-state index < -0.39 is 10.8 Å². The molecule has 0 bridgehead atoms. The number of carbonyl (C=O) groups excluding carboxylic acids is 1. The summed E-state index contributed by atoms with van der Waals surface area (Å²) in [5.74, 6) is 2.82. The number of benzene rings is 2. The average molecular weight is 407 g/mol. The molecule has 0 aliphatic heterocycles. The van der Waals surface area contributed by atoms with Crippen LogP contribution in [0.2, 0.25) is 0 Å². The van der Waals surface area contributed by atoms with Crippen LogP contribution in [0.25, 0.3) is 16.3 Å². The zero-order valence-corrected chi connectivity index (χ0v) is 16.4. The molecular weight excluding hydrogens is 390 g/mol. The summed E-state index contributed by atoms with van der Waals surface area (Å²) < 4.78 is 8.21. The second-order valence-corrected chi connectivity index (χ2v) is 6.88. The van der Waals surface area contributed by atoms with Crippen molar-refractivity contribution in [1.82, 2.24) is 4.57 Å². The maximum absolute atomic E-state index is 12.3. The number of nitro benzene ring substituents is 1. The molecule has 29 heavy (non-hydrogen) atoms. The molecule has 0 N–H and O–H groups in total. The van der Waals surface area contributed by atoms with E-state index in [4.69, 9.17) is 11.2 Å². The highest BCUT2D eigenvalue weighted by molar-refractivity contribution is 7.16. The first-order valence-corrected chi connectivity index (χ1v) is 9.54. The van der Waals surface area contributed by atoms with E-state index in [1.165, 1.54) is 35.6 Å². The normalized spacial score (nSPS) is 11.7. The number of nitrogens with zero attached hydrogens (tertiary/aromatic N) is 3. The SMILES string of the molecule is C#CCn1c(=NC(=O)/C=C/c2cccc([N+](=O)[O-])c2)sc2cc(OCC)ccc21. The van der Waals surface area contributed by atoms with E-state index in [0.717, 1.165) is 16.0 Å². The van der Waals surface area contributed by atoms with Crippen LogP contribution in [0.4, 0.5) is 5.69 Å². The van der Waals surface area contributed by atoms with E-state index in [9.17, 15) is 14.9 Å². The van der Waals surface area contributed by atoms with Gasteiger partial charge in [0.1, 0.15) is 5.75 Å². The molecule has 0 aliphatic carbocycles. The third kappa shape index (κ3) is 4.78. The third-order valence-electron chi connectivity index (χ3n) is 3.92. The highest BCUT2D eigenvalue weighted by atomic mass is 32.1. The number of hydrogen-bond acceptors (Lipinski definition) is 5. The lowest BCUT2D eigenvalue weighted by molar-refractivity contribution is -0.384. The second-order valence-electron chi connectivity index (χ2n) is 5.87. The van der Waals surface area contributed by atoms with Crippen molar-refractivity contribution in [2.75, 3.05) is 6.61 Å². The van der Waals surface area contributed by atoms with E-state index in [2.05, 4.69) is 10.9 Å². The number of thiazole rings is 1. The second kappa shape index (κ2) is 8.99. The minimum atomic E-state index is -0.487. The minimum absolute atomic E-state index is 0.0435. The molecule has 0 fully saturated rings. The Morgan fingerprint density at radius 2 is 2.21 bits per heavy atom. The molecule has 7 nitrogen and oxygen atoms in total. The molecule has 1 aromatic heterocycles. The lowest BCUT2D eigenvalue weighted by atomic mass is 10.2. The van der Waals surface area contributed by atoms with E-state index in [-0.39, 0.29) is 12.2 Å². The number of non-ortho nitro benzene ring substituents is 1. The Bertz CT molecular complexity index is 1210. The van der Waals surface area contributed by atoms with E-state index in [1.807, 2.05) is 25.1 Å². The standard InChI is InChI=1S/C21H17N3O4S/c1-3-12-23-18-10-9-17(28-4-2)14-19(18)29-21(23)22-20(25)11-8-15-6-5-7-16(13-15)24(26)27/h1,5-11,13-14H,4,12H2,2H3/b11-8+,22-21?. The zero-order valence-electron chi connectivity index (χ0n) is 15.6. The molecule has 3 rings (SSSR count). The molecule has 0 saturated heterocycles. The van der Waals surface area contributed by atoms with Crippen molar-refractivity contribution < 1.29 is 14.5 Å². The van der Waals surface area contributed by atoms with E-state index in [1.54, 1.807) is 16.7 Å². The summed E-state index contributed by atoms with van der Waals surface area (Å²) in [5.41, 5.74) is 1.36. The summed E-state index contributed by atoms with van der Waals surface area (Å²) in [7, 11) is 0. The molecular formula is C21H17N3O4S. The predicted molar refractivity (Wildman–Crippen MR) is 113 cm³/mol. The van der Waals surface area contributed by atoms with Crippen LogP contribution >= 0.6 is 11.3 Å². The number of carbonyl (C=O) groups is 1. The fourth-order valence-corrected chi connectivity index (χ4v) is 3.74. The van der Waals surface area contributed by atoms with Gasteiger partial charge in [-0.15, -0.1) is 6.42 Å². The predicted octanol–water partition coefficient (Wildman–Crippen LogP) is 3.78. The molecule has 0 radical (unpaired) electrons. The van der Waals surface area contributed by atoms with Gasteiger partial charge in [0.05, 0.1) is 28.3 Å². The summed E-state index contributed by atoms with van der Waals surface area (Å²) in [6.07, 6.45) is 8.24. The molecule has 0 saturated carbocycles. The van der Waals surface area contributed by atoms with Crippen molar-refractivity contribution in [2.45, 2.75) is 13.5 Å². The van der Waals surface area contributed by atoms with Crippen LogP contribution in [-0.2, 0) is 11.3 Å². The molecule has 1 heterocycles. The van der Waals surface area contributed by atoms with E-state index >= 15 is 0 Å². The van der Waals surface area contributed by atoms with Crippen molar-refractivity contribution in [1.29, 1.82) is 0 Å². The van der Waals surface area contributed by atoms with Gasteiger partial charge in [-0.25, -0.2) is 0 Å². The number of aromatic nitrogens is 1. The van der Waals surface area contributed by atoms with Gasteiger partial charge in [0.15, 0.2) is 4.80 Å². The molecule has 3 aromatic rings. The average Bonchev–Trinajstić information content (AvgIpc) is 3.03. The number of terminal acetylenes is 1. The van der Waals surface area contributed by atoms with Crippen LogP contribution in [0.15, 0.2) is 53.5 Å². The zero-order chi connectivity index (χ0) is 20.8. The largest absolute Gasteiger partial charge is 0.494 e. The van der Waals surface area contributed by atoms with Gasteiger partial charge in [0.2, 0.25) is 0 Å². The van der Waals surface area contributed by atoms with Crippen molar-refractivity contribution in [2.24, 2.45) is 4.99 Å². The minimum Gasteiger partial charge on any atom is -0.494 e. The van der Waals surface area contributed by atoms with Crippen molar-refractivity contribution in [3.8, 4) is 18.1 Å². The van der Waals surface area contributed by atoms with Gasteiger partial charge in [-0.2, -0.15) is 4.99 Å². The van der Waals surface area contributed by atoms with Crippen molar-refractivity contribution in [3.05, 3.63) is 69.0 Å². The Kier molecular flexibility index (Phi) is 6.22. The van der Waals surface area contributed by atoms with Crippen molar-refractivity contribution >= 4 is 39.2 Å². The Hall–Kier alpha value is -3.70. The smallest absolute Gasteiger partial charge is 0.272 e. The topological polar surface area (TPSA) is 86.7 Å². The van der Waals surface area contributed by atoms with Crippen LogP contribution in [0.5, 0.6) is 5.75 Å². The monoisotopic (exact) mass is 407 g/mol. The van der Waals surface area contributed by atoms with Crippen LogP contribution in [0, 0.1) is 22.5 Å². The number of fused-ring (bicyclic) bond motifs is 1. The number of hydrogen-bond donors (Lipinski definition) is 0. The quantitative estimate of drug-likeness (QED) is 0.269. The summed E-state index contributed by atoms with van der Waals surface area (Å²) in [6, 6.07) is 11.6. The summed E-state index contributed by atoms with van der Waals surface area (Å²) in [5, 5.41) is 10.9. The molecule has 146 valence electrons. The number of rotatable bonds is 6. The summed E-state index contributed by atoms with van der Waals surface area (Å²) in [6.45, 7) is 2.73. The third-order valence-corrected chi connectivity index (χ3v) is 4.96. The van der Waals surface area contributed by atoms with Gasteiger partial charge >= 0.3 is 0 Å². The van der Waals surface area contributed by atoms with Crippen LogP contribution in [0.1, 0.15) is 12.5 Å². The molecule has 0 atom stereocenters. The van der Waals surface area contributed by atoms with Crippen LogP contribution in [-0.4, -0.2) is 22.0 Å². The highest BCUT2D eigenvalue weighted by Gasteiger charge is 2.08. The lowest BCUT2D eigenvalue weighted by Crippen LogP contribution is -2.15. The van der Waals surface area contributed by atoms with Gasteiger partial charge in [-0.1, -0.05) is 29.4 Å². The Morgan fingerprint density at radius 1 is 1.38 bits per heavy atom.